The molecule has 0 saturated heterocycles. The molecule has 288 valence electrons. The molecule has 0 unspecified atom stereocenters. The fourth-order valence-corrected chi connectivity index (χ4v) is 11.4. The SMILES string of the molecule is CC1(C)c2cc3ccccc3cc2-c2cc3ccc(N(c4ccc5c(c4)C(C)(C)c4ccc6ccccc6c4-5)c4ccc5c6ccccc6c6ccccc6c5c4)cc3cc21. The van der Waals surface area contributed by atoms with Crippen LogP contribution in [0.3, 0.4) is 0 Å². The third-order valence-corrected chi connectivity index (χ3v) is 14.5. The highest BCUT2D eigenvalue weighted by molar-refractivity contribution is 6.26. The maximum absolute atomic E-state index is 2.50. The first-order valence-electron chi connectivity index (χ1n) is 21.7. The Labute approximate surface area is 356 Å². The van der Waals surface area contributed by atoms with Crippen LogP contribution >= 0.6 is 0 Å². The third-order valence-electron chi connectivity index (χ3n) is 14.5. The molecule has 11 aromatic rings. The average Bonchev–Trinajstić information content (AvgIpc) is 3.65. The Hall–Kier alpha value is -7.22. The molecular weight excluding hydrogens is 735 g/mol. The van der Waals surface area contributed by atoms with Gasteiger partial charge in [0.1, 0.15) is 0 Å². The van der Waals surface area contributed by atoms with Crippen molar-refractivity contribution in [3.05, 3.63) is 210 Å². The maximum atomic E-state index is 2.50. The van der Waals surface area contributed by atoms with Crippen molar-refractivity contribution in [3.8, 4) is 22.3 Å². The van der Waals surface area contributed by atoms with Crippen LogP contribution < -0.4 is 4.90 Å². The minimum absolute atomic E-state index is 0.120. The lowest BCUT2D eigenvalue weighted by atomic mass is 9.81. The molecular formula is C60H43N. The molecule has 0 atom stereocenters. The monoisotopic (exact) mass is 777 g/mol. The summed E-state index contributed by atoms with van der Waals surface area (Å²) >= 11 is 0. The first-order chi connectivity index (χ1) is 29.7. The van der Waals surface area contributed by atoms with Crippen molar-refractivity contribution in [2.75, 3.05) is 4.90 Å². The van der Waals surface area contributed by atoms with E-state index in [9.17, 15) is 0 Å². The van der Waals surface area contributed by atoms with Gasteiger partial charge in [-0.05, 0) is 170 Å². The Kier molecular flexibility index (Phi) is 6.91. The number of anilines is 3. The molecule has 0 aromatic heterocycles. The topological polar surface area (TPSA) is 3.24 Å². The van der Waals surface area contributed by atoms with Gasteiger partial charge >= 0.3 is 0 Å². The van der Waals surface area contributed by atoms with Gasteiger partial charge in [-0.2, -0.15) is 0 Å². The predicted molar refractivity (Wildman–Crippen MR) is 261 cm³/mol. The Balaban J connectivity index is 1.04. The van der Waals surface area contributed by atoms with Crippen LogP contribution in [0.1, 0.15) is 49.9 Å². The summed E-state index contributed by atoms with van der Waals surface area (Å²) in [6.07, 6.45) is 0. The van der Waals surface area contributed by atoms with E-state index in [1.807, 2.05) is 0 Å². The van der Waals surface area contributed by atoms with Gasteiger partial charge in [0.2, 0.25) is 0 Å². The van der Waals surface area contributed by atoms with Crippen molar-refractivity contribution < 1.29 is 0 Å². The smallest absolute Gasteiger partial charge is 0.0468 e. The van der Waals surface area contributed by atoms with E-state index in [0.29, 0.717) is 0 Å². The molecule has 1 heteroatoms. The molecule has 0 aliphatic heterocycles. The van der Waals surface area contributed by atoms with E-state index in [0.717, 1.165) is 17.1 Å². The highest BCUT2D eigenvalue weighted by Crippen LogP contribution is 2.54. The molecule has 13 rings (SSSR count). The quantitative estimate of drug-likeness (QED) is 0.162. The van der Waals surface area contributed by atoms with Gasteiger partial charge in [-0.25, -0.2) is 0 Å². The zero-order chi connectivity index (χ0) is 40.8. The maximum Gasteiger partial charge on any atom is 0.0468 e. The first kappa shape index (κ1) is 34.6. The van der Waals surface area contributed by atoms with Crippen molar-refractivity contribution in [1.82, 2.24) is 0 Å². The lowest BCUT2D eigenvalue weighted by molar-refractivity contribution is 0.661. The van der Waals surface area contributed by atoms with Crippen molar-refractivity contribution in [2.45, 2.75) is 38.5 Å². The minimum atomic E-state index is -0.162. The van der Waals surface area contributed by atoms with E-state index in [2.05, 4.69) is 221 Å². The molecule has 0 amide bonds. The Morgan fingerprint density at radius 1 is 0.279 bits per heavy atom. The summed E-state index contributed by atoms with van der Waals surface area (Å²) < 4.78 is 0. The Morgan fingerprint density at radius 3 is 1.41 bits per heavy atom. The van der Waals surface area contributed by atoms with E-state index < -0.39 is 0 Å². The van der Waals surface area contributed by atoms with E-state index in [-0.39, 0.29) is 10.8 Å². The number of rotatable bonds is 3. The summed E-state index contributed by atoms with van der Waals surface area (Å²) in [4.78, 5) is 2.50. The fraction of sp³-hybridized carbons (Fsp3) is 0.100. The van der Waals surface area contributed by atoms with Gasteiger partial charge in [0.25, 0.3) is 0 Å². The Morgan fingerprint density at radius 2 is 0.721 bits per heavy atom. The summed E-state index contributed by atoms with van der Waals surface area (Å²) in [6.45, 7) is 9.58. The molecule has 0 spiro atoms. The van der Waals surface area contributed by atoms with E-state index in [1.54, 1.807) is 0 Å². The fourth-order valence-electron chi connectivity index (χ4n) is 11.4. The molecule has 0 bridgehead atoms. The molecule has 2 aliphatic rings. The van der Waals surface area contributed by atoms with E-state index in [4.69, 9.17) is 0 Å². The van der Waals surface area contributed by atoms with Gasteiger partial charge in [0.15, 0.2) is 0 Å². The molecule has 0 saturated carbocycles. The molecule has 61 heavy (non-hydrogen) atoms. The number of hydrogen-bond donors (Lipinski definition) is 0. The van der Waals surface area contributed by atoms with Crippen molar-refractivity contribution in [3.63, 3.8) is 0 Å². The molecule has 1 nitrogen and oxygen atoms in total. The van der Waals surface area contributed by atoms with Crippen LogP contribution in [0.15, 0.2) is 188 Å². The zero-order valence-electron chi connectivity index (χ0n) is 34.8. The third kappa shape index (κ3) is 4.78. The lowest BCUT2D eigenvalue weighted by Crippen LogP contribution is -2.16. The molecule has 0 heterocycles. The second kappa shape index (κ2) is 12.2. The number of fused-ring (bicyclic) bond motifs is 16. The summed E-state index contributed by atoms with van der Waals surface area (Å²) in [5.74, 6) is 0. The lowest BCUT2D eigenvalue weighted by Gasteiger charge is -2.29. The van der Waals surface area contributed by atoms with Gasteiger partial charge in [-0.1, -0.05) is 155 Å². The normalized spacial score (nSPS) is 14.5. The molecule has 0 radical (unpaired) electrons. The van der Waals surface area contributed by atoms with Crippen LogP contribution in [0.5, 0.6) is 0 Å². The molecule has 2 aliphatic carbocycles. The van der Waals surface area contributed by atoms with Crippen molar-refractivity contribution >= 4 is 81.7 Å². The second-order valence-electron chi connectivity index (χ2n) is 18.5. The van der Waals surface area contributed by atoms with Crippen LogP contribution in [0.2, 0.25) is 0 Å². The molecule has 0 fully saturated rings. The van der Waals surface area contributed by atoms with Crippen LogP contribution in [0.25, 0.3) is 86.9 Å². The summed E-state index contributed by atoms with van der Waals surface area (Å²) in [5, 5.41) is 15.4. The largest absolute Gasteiger partial charge is 0.310 e. The van der Waals surface area contributed by atoms with Crippen LogP contribution in [-0.4, -0.2) is 0 Å². The highest BCUT2D eigenvalue weighted by Gasteiger charge is 2.38. The number of hydrogen-bond acceptors (Lipinski definition) is 1. The van der Waals surface area contributed by atoms with Crippen LogP contribution in [-0.2, 0) is 10.8 Å². The summed E-state index contributed by atoms with van der Waals surface area (Å²) in [6, 6.07) is 71.2. The number of nitrogens with zero attached hydrogens (tertiary/aromatic N) is 1. The molecule has 0 N–H and O–H groups in total. The average molecular weight is 778 g/mol. The van der Waals surface area contributed by atoms with Gasteiger partial charge in [0.05, 0.1) is 0 Å². The predicted octanol–water partition coefficient (Wildman–Crippen LogP) is 16.7. The zero-order valence-corrected chi connectivity index (χ0v) is 34.8. The van der Waals surface area contributed by atoms with Gasteiger partial charge in [-0.15, -0.1) is 0 Å². The number of benzene rings is 11. The standard InChI is InChI=1S/C60H43N/c1-59(2)54-28-22-36-13-7-8-16-44(36)58(54)50-27-25-43(35-57(50)59)61(42-24-26-49-47-19-10-9-17-45(47)46-18-11-12-20-48(46)51(49)34-42)41-23-21-39-31-53-52-30-37-14-5-6-15-38(37)32-55(52)60(3,4)56(53)33-40(39)29-41/h5-35H,1-4H3. The van der Waals surface area contributed by atoms with E-state index in [1.165, 1.54) is 109 Å². The van der Waals surface area contributed by atoms with Crippen LogP contribution in [0.4, 0.5) is 17.1 Å². The summed E-state index contributed by atoms with van der Waals surface area (Å²) in [7, 11) is 0. The van der Waals surface area contributed by atoms with Gasteiger partial charge in [-0.3, -0.25) is 0 Å². The molecule has 11 aromatic carbocycles. The first-order valence-corrected chi connectivity index (χ1v) is 21.7. The van der Waals surface area contributed by atoms with E-state index >= 15 is 0 Å². The van der Waals surface area contributed by atoms with Gasteiger partial charge < -0.3 is 4.90 Å². The van der Waals surface area contributed by atoms with Crippen molar-refractivity contribution in [1.29, 1.82) is 0 Å². The summed E-state index contributed by atoms with van der Waals surface area (Å²) in [5.41, 5.74) is 14.1. The van der Waals surface area contributed by atoms with Crippen LogP contribution in [0, 0.1) is 0 Å². The highest BCUT2D eigenvalue weighted by atomic mass is 15.1. The van der Waals surface area contributed by atoms with Crippen molar-refractivity contribution in [2.24, 2.45) is 0 Å². The Bertz CT molecular complexity index is 3680. The second-order valence-corrected chi connectivity index (χ2v) is 18.5. The minimum Gasteiger partial charge on any atom is -0.310 e. The van der Waals surface area contributed by atoms with Gasteiger partial charge in [0, 0.05) is 27.9 Å².